The van der Waals surface area contributed by atoms with Crippen molar-refractivity contribution in [1.82, 2.24) is 0 Å². The van der Waals surface area contributed by atoms with Crippen molar-refractivity contribution in [3.8, 4) is 0 Å². The van der Waals surface area contributed by atoms with Crippen molar-refractivity contribution in [2.45, 2.75) is 19.0 Å². The summed E-state index contributed by atoms with van der Waals surface area (Å²) in [6, 6.07) is 10.3. The van der Waals surface area contributed by atoms with Crippen molar-refractivity contribution in [2.24, 2.45) is 11.5 Å². The van der Waals surface area contributed by atoms with Crippen LogP contribution in [0.4, 0.5) is 0 Å². The quantitative estimate of drug-likeness (QED) is 0.541. The van der Waals surface area contributed by atoms with Crippen LogP contribution >= 0.6 is 0 Å². The SMILES string of the molecule is C.NC1(N)C=CC(c2ccccc2)C=C1. The number of allylic oxidation sites excluding steroid dienone is 2. The predicted octanol–water partition coefficient (Wildman–Crippen LogP) is 2.15. The van der Waals surface area contributed by atoms with E-state index in [0.29, 0.717) is 5.92 Å². The third-order valence-corrected chi connectivity index (χ3v) is 2.37. The van der Waals surface area contributed by atoms with Crippen LogP contribution in [0.5, 0.6) is 0 Å². The van der Waals surface area contributed by atoms with E-state index in [1.54, 1.807) is 0 Å². The van der Waals surface area contributed by atoms with E-state index in [4.69, 9.17) is 11.5 Å². The lowest BCUT2D eigenvalue weighted by atomic mass is 9.91. The van der Waals surface area contributed by atoms with Gasteiger partial charge in [0.15, 0.2) is 0 Å². The van der Waals surface area contributed by atoms with Gasteiger partial charge < -0.3 is 11.5 Å². The molecule has 1 aliphatic rings. The van der Waals surface area contributed by atoms with Gasteiger partial charge in [0.2, 0.25) is 0 Å². The molecular formula is C13H18N2. The Labute approximate surface area is 91.3 Å². The second-order valence-electron chi connectivity index (χ2n) is 3.65. The van der Waals surface area contributed by atoms with E-state index < -0.39 is 5.66 Å². The number of hydrogen-bond acceptors (Lipinski definition) is 2. The summed E-state index contributed by atoms with van der Waals surface area (Å²) in [6.07, 6.45) is 7.75. The molecule has 0 aliphatic heterocycles. The number of benzene rings is 1. The summed E-state index contributed by atoms with van der Waals surface area (Å²) in [5, 5.41) is 0. The van der Waals surface area contributed by atoms with Crippen LogP contribution in [0.25, 0.3) is 0 Å². The van der Waals surface area contributed by atoms with Gasteiger partial charge in [-0.1, -0.05) is 49.9 Å². The standard InChI is InChI=1S/C12H14N2.CH4/c13-12(14)8-6-11(7-9-12)10-4-2-1-3-5-10;/h1-9,11H,13-14H2;1H4. The van der Waals surface area contributed by atoms with Crippen molar-refractivity contribution < 1.29 is 0 Å². The normalized spacial score (nSPS) is 18.5. The molecule has 0 saturated heterocycles. The molecule has 0 aromatic heterocycles. The molecule has 1 aromatic carbocycles. The highest BCUT2D eigenvalue weighted by Gasteiger charge is 2.16. The van der Waals surface area contributed by atoms with Crippen molar-refractivity contribution >= 4 is 0 Å². The van der Waals surface area contributed by atoms with Crippen LogP contribution in [0.3, 0.4) is 0 Å². The summed E-state index contributed by atoms with van der Waals surface area (Å²) in [6.45, 7) is 0. The second-order valence-corrected chi connectivity index (χ2v) is 3.65. The minimum absolute atomic E-state index is 0. The molecule has 2 heteroatoms. The van der Waals surface area contributed by atoms with E-state index in [2.05, 4.69) is 12.1 Å². The Hall–Kier alpha value is -1.38. The third kappa shape index (κ3) is 2.78. The zero-order chi connectivity index (χ0) is 10.0. The molecule has 15 heavy (non-hydrogen) atoms. The van der Waals surface area contributed by atoms with Crippen LogP contribution in [0.2, 0.25) is 0 Å². The van der Waals surface area contributed by atoms with Gasteiger partial charge in [0.25, 0.3) is 0 Å². The van der Waals surface area contributed by atoms with Gasteiger partial charge in [0, 0.05) is 5.92 Å². The first kappa shape index (κ1) is 11.7. The second kappa shape index (κ2) is 4.43. The van der Waals surface area contributed by atoms with E-state index in [-0.39, 0.29) is 7.43 Å². The van der Waals surface area contributed by atoms with E-state index in [1.807, 2.05) is 42.5 Å². The fourth-order valence-electron chi connectivity index (χ4n) is 1.56. The smallest absolute Gasteiger partial charge is 0.102 e. The first-order valence-corrected chi connectivity index (χ1v) is 4.69. The molecule has 0 saturated carbocycles. The number of hydrogen-bond donors (Lipinski definition) is 2. The van der Waals surface area contributed by atoms with Gasteiger partial charge in [0.05, 0.1) is 0 Å². The van der Waals surface area contributed by atoms with Crippen LogP contribution in [-0.2, 0) is 0 Å². The highest BCUT2D eigenvalue weighted by atomic mass is 14.9. The summed E-state index contributed by atoms with van der Waals surface area (Å²) >= 11 is 0. The minimum atomic E-state index is -0.773. The third-order valence-electron chi connectivity index (χ3n) is 2.37. The zero-order valence-electron chi connectivity index (χ0n) is 7.93. The van der Waals surface area contributed by atoms with Gasteiger partial charge in [-0.05, 0) is 17.7 Å². The lowest BCUT2D eigenvalue weighted by molar-refractivity contribution is 0.674. The Bertz CT molecular complexity index is 347. The lowest BCUT2D eigenvalue weighted by Gasteiger charge is -2.22. The molecule has 80 valence electrons. The van der Waals surface area contributed by atoms with Gasteiger partial charge in [-0.15, -0.1) is 0 Å². The minimum Gasteiger partial charge on any atom is -0.307 e. The Morgan fingerprint density at radius 2 is 1.47 bits per heavy atom. The molecule has 0 bridgehead atoms. The Morgan fingerprint density at radius 3 is 2.00 bits per heavy atom. The maximum atomic E-state index is 5.72. The molecule has 4 N–H and O–H groups in total. The molecule has 0 radical (unpaired) electrons. The summed E-state index contributed by atoms with van der Waals surface area (Å²) in [5.41, 5.74) is 11.9. The lowest BCUT2D eigenvalue weighted by Crippen LogP contribution is -2.46. The van der Waals surface area contributed by atoms with E-state index in [0.717, 1.165) is 0 Å². The van der Waals surface area contributed by atoms with Gasteiger partial charge >= 0.3 is 0 Å². The molecule has 0 spiro atoms. The van der Waals surface area contributed by atoms with Crippen LogP contribution < -0.4 is 11.5 Å². The van der Waals surface area contributed by atoms with Crippen molar-refractivity contribution in [2.75, 3.05) is 0 Å². The molecule has 0 heterocycles. The average molecular weight is 202 g/mol. The molecule has 0 fully saturated rings. The largest absolute Gasteiger partial charge is 0.307 e. The van der Waals surface area contributed by atoms with Crippen LogP contribution in [0, 0.1) is 0 Å². The van der Waals surface area contributed by atoms with E-state index >= 15 is 0 Å². The Kier molecular flexibility index (Phi) is 3.45. The van der Waals surface area contributed by atoms with Crippen molar-refractivity contribution in [1.29, 1.82) is 0 Å². The maximum absolute atomic E-state index is 5.72. The first-order chi connectivity index (χ1) is 6.67. The monoisotopic (exact) mass is 202 g/mol. The zero-order valence-corrected chi connectivity index (χ0v) is 7.93. The van der Waals surface area contributed by atoms with Crippen LogP contribution in [0.15, 0.2) is 54.6 Å². The fraction of sp³-hybridized carbons (Fsp3) is 0.231. The highest BCUT2D eigenvalue weighted by Crippen LogP contribution is 2.23. The van der Waals surface area contributed by atoms with Gasteiger partial charge in [-0.25, -0.2) is 0 Å². The summed E-state index contributed by atoms with van der Waals surface area (Å²) < 4.78 is 0. The molecule has 0 amide bonds. The van der Waals surface area contributed by atoms with Gasteiger partial charge in [-0.2, -0.15) is 0 Å². The molecule has 0 atom stereocenters. The van der Waals surface area contributed by atoms with Crippen LogP contribution in [-0.4, -0.2) is 5.66 Å². The van der Waals surface area contributed by atoms with E-state index in [1.165, 1.54) is 5.56 Å². The molecule has 2 rings (SSSR count). The first-order valence-electron chi connectivity index (χ1n) is 4.69. The molecular weight excluding hydrogens is 184 g/mol. The maximum Gasteiger partial charge on any atom is 0.102 e. The molecule has 1 aromatic rings. The number of rotatable bonds is 1. The predicted molar refractivity (Wildman–Crippen MR) is 65.3 cm³/mol. The van der Waals surface area contributed by atoms with E-state index in [9.17, 15) is 0 Å². The van der Waals surface area contributed by atoms with Gasteiger partial charge in [0.1, 0.15) is 5.66 Å². The van der Waals surface area contributed by atoms with Crippen molar-refractivity contribution in [3.63, 3.8) is 0 Å². The summed E-state index contributed by atoms with van der Waals surface area (Å²) in [7, 11) is 0. The topological polar surface area (TPSA) is 52.0 Å². The molecule has 0 unspecified atom stereocenters. The number of nitrogens with two attached hydrogens (primary N) is 2. The average Bonchev–Trinajstić information content (AvgIpc) is 2.19. The van der Waals surface area contributed by atoms with Gasteiger partial charge in [-0.3, -0.25) is 0 Å². The summed E-state index contributed by atoms with van der Waals surface area (Å²) in [4.78, 5) is 0. The Balaban J connectivity index is 0.00000112. The van der Waals surface area contributed by atoms with Crippen molar-refractivity contribution in [3.05, 3.63) is 60.2 Å². The summed E-state index contributed by atoms with van der Waals surface area (Å²) in [5.74, 6) is 0.302. The highest BCUT2D eigenvalue weighted by molar-refractivity contribution is 5.34. The van der Waals surface area contributed by atoms with Crippen LogP contribution in [0.1, 0.15) is 18.9 Å². The Morgan fingerprint density at radius 1 is 0.933 bits per heavy atom. The molecule has 1 aliphatic carbocycles. The fourth-order valence-corrected chi connectivity index (χ4v) is 1.56. The molecule has 2 nitrogen and oxygen atoms in total.